The van der Waals surface area contributed by atoms with Crippen molar-refractivity contribution in [3.63, 3.8) is 0 Å². The third-order valence-electron chi connectivity index (χ3n) is 1.90. The van der Waals surface area contributed by atoms with Gasteiger partial charge in [-0.2, -0.15) is 0 Å². The van der Waals surface area contributed by atoms with Gasteiger partial charge in [-0.1, -0.05) is 30.3 Å². The first kappa shape index (κ1) is 11.3. The van der Waals surface area contributed by atoms with Crippen LogP contribution in [0, 0.1) is 0 Å². The molecule has 1 atom stereocenters. The lowest BCUT2D eigenvalue weighted by molar-refractivity contribution is -0.138. The van der Waals surface area contributed by atoms with Crippen molar-refractivity contribution in [3.05, 3.63) is 35.9 Å². The van der Waals surface area contributed by atoms with Gasteiger partial charge in [-0.3, -0.25) is 0 Å². The van der Waals surface area contributed by atoms with Gasteiger partial charge in [0.25, 0.3) is 0 Å². The Kier molecular flexibility index (Phi) is 4.41. The van der Waals surface area contributed by atoms with Gasteiger partial charge in [0.1, 0.15) is 0 Å². The fourth-order valence-electron chi connectivity index (χ4n) is 1.18. The Morgan fingerprint density at radius 1 is 1.53 bits per heavy atom. The molecule has 0 amide bonds. The van der Waals surface area contributed by atoms with Crippen LogP contribution in [0.1, 0.15) is 5.56 Å². The molecule has 0 aromatic heterocycles. The van der Waals surface area contributed by atoms with Crippen LogP contribution in [0.2, 0.25) is 0 Å². The van der Waals surface area contributed by atoms with Crippen LogP contribution < -0.4 is 0 Å². The Balaban J connectivity index is 2.67. The molecule has 0 radical (unpaired) electrons. The van der Waals surface area contributed by atoms with Gasteiger partial charge in [-0.25, -0.2) is 9.79 Å². The minimum absolute atomic E-state index is 0.371. The fourth-order valence-corrected chi connectivity index (χ4v) is 1.18. The van der Waals surface area contributed by atoms with Crippen molar-refractivity contribution in [1.82, 2.24) is 0 Å². The fraction of sp³-hybridized carbons (Fsp3) is 0.200. The maximum atomic E-state index is 10.8. The first-order valence-corrected chi connectivity index (χ1v) is 4.55. The molecule has 78 valence electrons. The molecule has 1 N–H and O–H groups in total. The number of nitrogens with zero attached hydrogens (tertiary/aromatic N) is 1. The van der Waals surface area contributed by atoms with E-state index < -0.39 is 12.0 Å². The molecule has 1 rings (SSSR count). The van der Waals surface area contributed by atoms with Gasteiger partial charge in [0.05, 0.1) is 0 Å². The molecule has 4 nitrogen and oxygen atoms in total. The highest BCUT2D eigenvalue weighted by Gasteiger charge is 2.15. The molecule has 0 fully saturated rings. The van der Waals surface area contributed by atoms with Crippen molar-refractivity contribution in [2.75, 3.05) is 0 Å². The second-order valence-corrected chi connectivity index (χ2v) is 3.03. The summed E-state index contributed by atoms with van der Waals surface area (Å²) in [6.07, 6.45) is 1.53. The number of carbonyl (C=O) groups is 1. The first-order valence-electron chi connectivity index (χ1n) is 4.55. The van der Waals surface area contributed by atoms with E-state index in [-0.39, 0.29) is 0 Å². The molecule has 0 heterocycles. The minimum atomic E-state index is -0.952. The van der Waals surface area contributed by atoms with E-state index in [0.717, 1.165) is 12.0 Å². The first-order chi connectivity index (χ1) is 7.24. The van der Waals surface area contributed by atoms with Crippen molar-refractivity contribution >= 4 is 20.4 Å². The van der Waals surface area contributed by atoms with Gasteiger partial charge in [-0.15, -0.1) is 0 Å². The van der Waals surface area contributed by atoms with Crippen LogP contribution >= 0.6 is 0 Å². The van der Waals surface area contributed by atoms with Gasteiger partial charge < -0.3 is 9.76 Å². The zero-order valence-corrected chi connectivity index (χ0v) is 8.46. The summed E-state index contributed by atoms with van der Waals surface area (Å²) < 4.78 is 4.61. The maximum absolute atomic E-state index is 10.8. The summed E-state index contributed by atoms with van der Waals surface area (Å²) in [5, 5.41) is 8.89. The summed E-state index contributed by atoms with van der Waals surface area (Å²) in [6.45, 7) is 0. The smallest absolute Gasteiger partial charge is 0.328 e. The molecule has 0 aliphatic heterocycles. The summed E-state index contributed by atoms with van der Waals surface area (Å²) >= 11 is 0. The van der Waals surface area contributed by atoms with Crippen LogP contribution in [0.25, 0.3) is 0 Å². The molecule has 1 aromatic carbocycles. The van der Waals surface area contributed by atoms with E-state index in [1.165, 1.54) is 8.05 Å². The third-order valence-corrected chi connectivity index (χ3v) is 1.90. The predicted molar refractivity (Wildman–Crippen MR) is 59.7 cm³/mol. The van der Waals surface area contributed by atoms with Gasteiger partial charge >= 0.3 is 14.0 Å². The lowest BCUT2D eigenvalue weighted by Gasteiger charge is -2.06. The summed E-state index contributed by atoms with van der Waals surface area (Å²) in [5.41, 5.74) is 0.943. The Hall–Kier alpha value is -1.78. The highest BCUT2D eigenvalue weighted by molar-refractivity contribution is 6.02. The molecule has 0 aliphatic carbocycles. The molecular weight excluding hydrogens is 193 g/mol. The number of carboxylic acid groups (broad SMARTS) is 1. The molecule has 0 saturated heterocycles. The van der Waals surface area contributed by atoms with Crippen molar-refractivity contribution < 1.29 is 14.6 Å². The average molecular weight is 205 g/mol. The van der Waals surface area contributed by atoms with Crippen LogP contribution in [-0.4, -0.2) is 31.6 Å². The summed E-state index contributed by atoms with van der Waals surface area (Å²) in [7, 11) is 1.44. The van der Waals surface area contributed by atoms with Crippen LogP contribution in [0.15, 0.2) is 35.3 Å². The SMILES string of the molecule is BOC=NC(Cc1ccccc1)C(=O)O. The van der Waals surface area contributed by atoms with Crippen LogP contribution in [-0.2, 0) is 15.9 Å². The van der Waals surface area contributed by atoms with Crippen molar-refractivity contribution in [1.29, 1.82) is 0 Å². The minimum Gasteiger partial charge on any atom is -0.560 e. The van der Waals surface area contributed by atoms with E-state index in [2.05, 4.69) is 9.65 Å². The largest absolute Gasteiger partial charge is 0.560 e. The monoisotopic (exact) mass is 205 g/mol. The van der Waals surface area contributed by atoms with E-state index in [1.54, 1.807) is 0 Å². The summed E-state index contributed by atoms with van der Waals surface area (Å²) in [5.74, 6) is -0.952. The van der Waals surface area contributed by atoms with E-state index in [1.807, 2.05) is 30.3 Å². The topological polar surface area (TPSA) is 58.9 Å². The number of aliphatic carboxylic acids is 1. The molecular formula is C10H12BNO3. The van der Waals surface area contributed by atoms with Crippen molar-refractivity contribution in [3.8, 4) is 0 Å². The van der Waals surface area contributed by atoms with Crippen molar-refractivity contribution in [2.24, 2.45) is 4.99 Å². The van der Waals surface area contributed by atoms with Crippen LogP contribution in [0.5, 0.6) is 0 Å². The van der Waals surface area contributed by atoms with Gasteiger partial charge in [0.15, 0.2) is 12.4 Å². The predicted octanol–water partition coefficient (Wildman–Crippen LogP) is 0.275. The number of aliphatic imine (C=N–C) groups is 1. The molecule has 0 bridgehead atoms. The van der Waals surface area contributed by atoms with E-state index in [0.29, 0.717) is 6.42 Å². The third kappa shape index (κ3) is 3.85. The Morgan fingerprint density at radius 2 is 2.20 bits per heavy atom. The zero-order chi connectivity index (χ0) is 11.1. The lowest BCUT2D eigenvalue weighted by atomic mass is 10.1. The normalized spacial score (nSPS) is 12.5. The molecule has 1 unspecified atom stereocenters. The number of rotatable bonds is 5. The van der Waals surface area contributed by atoms with Crippen LogP contribution in [0.4, 0.5) is 0 Å². The number of carboxylic acids is 1. The second-order valence-electron chi connectivity index (χ2n) is 3.03. The standard InChI is InChI=1S/C10H12BNO3/c11-15-7-12-9(10(13)14)6-8-4-2-1-3-5-8/h1-5,7,9H,6,11H2,(H,13,14). The van der Waals surface area contributed by atoms with E-state index in [4.69, 9.17) is 5.11 Å². The summed E-state index contributed by atoms with van der Waals surface area (Å²) in [6, 6.07) is 8.59. The molecule has 0 spiro atoms. The van der Waals surface area contributed by atoms with Crippen molar-refractivity contribution in [2.45, 2.75) is 12.5 Å². The highest BCUT2D eigenvalue weighted by Crippen LogP contribution is 2.05. The van der Waals surface area contributed by atoms with Gasteiger partial charge in [0, 0.05) is 6.42 Å². The zero-order valence-electron chi connectivity index (χ0n) is 8.46. The summed E-state index contributed by atoms with van der Waals surface area (Å²) in [4.78, 5) is 14.6. The molecule has 0 saturated carbocycles. The lowest BCUT2D eigenvalue weighted by Crippen LogP contribution is -2.21. The van der Waals surface area contributed by atoms with E-state index >= 15 is 0 Å². The molecule has 0 aliphatic rings. The quantitative estimate of drug-likeness (QED) is 0.426. The van der Waals surface area contributed by atoms with Gasteiger partial charge in [-0.05, 0) is 5.56 Å². The molecule has 15 heavy (non-hydrogen) atoms. The Labute approximate surface area is 89.0 Å². The molecule has 1 aromatic rings. The maximum Gasteiger partial charge on any atom is 0.328 e. The van der Waals surface area contributed by atoms with Gasteiger partial charge in [0.2, 0.25) is 0 Å². The number of benzene rings is 1. The van der Waals surface area contributed by atoms with E-state index in [9.17, 15) is 4.79 Å². The second kappa shape index (κ2) is 5.85. The number of hydrogen-bond donors (Lipinski definition) is 1. The molecule has 5 heteroatoms. The number of hydrogen-bond acceptors (Lipinski definition) is 3. The highest BCUT2D eigenvalue weighted by atomic mass is 16.4. The van der Waals surface area contributed by atoms with Crippen LogP contribution in [0.3, 0.4) is 0 Å². The Morgan fingerprint density at radius 3 is 2.73 bits per heavy atom. The Bertz CT molecular complexity index is 340. The average Bonchev–Trinajstić information content (AvgIpc) is 2.25.